The molecule has 0 spiro atoms. The zero-order valence-corrected chi connectivity index (χ0v) is 11.3. The van der Waals surface area contributed by atoms with Gasteiger partial charge >= 0.3 is 0 Å². The van der Waals surface area contributed by atoms with Crippen molar-refractivity contribution in [3.05, 3.63) is 69.0 Å². The Bertz CT molecular complexity index is 911. The highest BCUT2D eigenvalue weighted by Crippen LogP contribution is 2.29. The molecular weight excluding hydrogens is 284 g/mol. The van der Waals surface area contributed by atoms with Crippen molar-refractivity contribution in [2.45, 2.75) is 0 Å². The fourth-order valence-corrected chi connectivity index (χ4v) is 2.07. The summed E-state index contributed by atoms with van der Waals surface area (Å²) in [4.78, 5) is 23.4. The van der Waals surface area contributed by atoms with E-state index in [0.29, 0.717) is 11.4 Å². The van der Waals surface area contributed by atoms with Crippen LogP contribution in [-0.4, -0.2) is 10.2 Å². The smallest absolute Gasteiger partial charge is 0.253 e. The summed E-state index contributed by atoms with van der Waals surface area (Å²) in [5.41, 5.74) is -0.332. The van der Waals surface area contributed by atoms with Crippen molar-refractivity contribution in [1.82, 2.24) is 0 Å². The third-order valence-corrected chi connectivity index (χ3v) is 3.19. The molecule has 0 unspecified atom stereocenters. The average molecular weight is 296 g/mol. The van der Waals surface area contributed by atoms with Crippen LogP contribution in [-0.2, 0) is 0 Å². The van der Waals surface area contributed by atoms with Gasteiger partial charge in [-0.25, -0.2) is 0 Å². The predicted molar refractivity (Wildman–Crippen MR) is 84.1 cm³/mol. The molecule has 0 fully saturated rings. The summed E-state index contributed by atoms with van der Waals surface area (Å²) in [6.45, 7) is 0. The van der Waals surface area contributed by atoms with E-state index in [0.717, 1.165) is 0 Å². The maximum atomic E-state index is 11.7. The Morgan fingerprint density at radius 2 is 1.45 bits per heavy atom. The van der Waals surface area contributed by atoms with Crippen LogP contribution in [0.5, 0.6) is 11.5 Å². The molecule has 3 aromatic rings. The van der Waals surface area contributed by atoms with Gasteiger partial charge in [-0.15, -0.1) is 0 Å². The Morgan fingerprint density at radius 3 is 2.14 bits per heavy atom. The zero-order chi connectivity index (χ0) is 15.7. The number of phenols is 2. The van der Waals surface area contributed by atoms with Gasteiger partial charge in [0.1, 0.15) is 22.9 Å². The Hall–Kier alpha value is -3.28. The molecule has 4 N–H and O–H groups in total. The average Bonchev–Trinajstić information content (AvgIpc) is 2.52. The molecule has 0 amide bonds. The van der Waals surface area contributed by atoms with E-state index < -0.39 is 10.9 Å². The van der Waals surface area contributed by atoms with Crippen LogP contribution in [0.15, 0.2) is 58.1 Å². The molecule has 0 aliphatic carbocycles. The topological polar surface area (TPSA) is 98.7 Å². The molecule has 6 nitrogen and oxygen atoms in total. The van der Waals surface area contributed by atoms with Gasteiger partial charge in [0.25, 0.3) is 10.9 Å². The minimum Gasteiger partial charge on any atom is -0.508 e. The van der Waals surface area contributed by atoms with E-state index in [1.54, 1.807) is 30.3 Å². The second-order valence-electron chi connectivity index (χ2n) is 4.73. The molecule has 0 aliphatic heterocycles. The summed E-state index contributed by atoms with van der Waals surface area (Å²) in [6, 6.07) is 12.6. The quantitative estimate of drug-likeness (QED) is 0.435. The number of rotatable bonds is 4. The highest BCUT2D eigenvalue weighted by molar-refractivity contribution is 5.83. The van der Waals surface area contributed by atoms with Crippen LogP contribution < -0.4 is 21.5 Å². The van der Waals surface area contributed by atoms with E-state index in [9.17, 15) is 19.8 Å². The summed E-state index contributed by atoms with van der Waals surface area (Å²) in [5.74, 6) is 0.0118. The fourth-order valence-electron chi connectivity index (χ4n) is 2.07. The number of hydrogen-bond donors (Lipinski definition) is 4. The number of para-hydroxylation sites is 2. The van der Waals surface area contributed by atoms with Gasteiger partial charge in [-0.05, 0) is 24.3 Å². The molecule has 0 saturated heterocycles. The second-order valence-corrected chi connectivity index (χ2v) is 4.73. The van der Waals surface area contributed by atoms with Gasteiger partial charge in [0.2, 0.25) is 0 Å². The summed E-state index contributed by atoms with van der Waals surface area (Å²) >= 11 is 0. The summed E-state index contributed by atoms with van der Waals surface area (Å²) in [5, 5.41) is 24.7. The highest BCUT2D eigenvalue weighted by Gasteiger charge is 2.22. The van der Waals surface area contributed by atoms with E-state index in [2.05, 4.69) is 10.6 Å². The molecule has 3 rings (SSSR count). The van der Waals surface area contributed by atoms with Crippen LogP contribution in [0.2, 0.25) is 0 Å². The first-order valence-corrected chi connectivity index (χ1v) is 6.50. The molecule has 0 aromatic heterocycles. The van der Waals surface area contributed by atoms with Gasteiger partial charge in [0.15, 0.2) is 0 Å². The van der Waals surface area contributed by atoms with Crippen LogP contribution >= 0.6 is 0 Å². The van der Waals surface area contributed by atoms with E-state index in [-0.39, 0.29) is 22.9 Å². The van der Waals surface area contributed by atoms with Crippen molar-refractivity contribution in [1.29, 1.82) is 0 Å². The zero-order valence-electron chi connectivity index (χ0n) is 11.3. The minimum absolute atomic E-state index is 0.0288. The largest absolute Gasteiger partial charge is 0.508 e. The molecule has 3 aromatic carbocycles. The van der Waals surface area contributed by atoms with E-state index in [4.69, 9.17) is 0 Å². The van der Waals surface area contributed by atoms with Gasteiger partial charge in [-0.2, -0.15) is 0 Å². The van der Waals surface area contributed by atoms with Crippen molar-refractivity contribution < 1.29 is 10.2 Å². The van der Waals surface area contributed by atoms with Crippen molar-refractivity contribution in [3.63, 3.8) is 0 Å². The molecule has 110 valence electrons. The molecule has 0 saturated carbocycles. The summed E-state index contributed by atoms with van der Waals surface area (Å²) < 4.78 is 0. The number of nitrogens with one attached hydrogen (secondary N) is 2. The standard InChI is InChI=1S/C16H12N2O4/c19-10-5-3-4-9(8-10)17-13-14(16(22)15(13)21)18-11-6-1-2-7-12(11)20/h1-8,17-20H. The lowest BCUT2D eigenvalue weighted by atomic mass is 10.1. The monoisotopic (exact) mass is 296 g/mol. The number of aromatic hydroxyl groups is 2. The Labute approximate surface area is 125 Å². The molecule has 0 heterocycles. The van der Waals surface area contributed by atoms with Crippen molar-refractivity contribution in [2.75, 3.05) is 10.6 Å². The molecule has 0 radical (unpaired) electrons. The maximum Gasteiger partial charge on any atom is 0.253 e. The van der Waals surface area contributed by atoms with Crippen molar-refractivity contribution in [3.8, 4) is 11.5 Å². The SMILES string of the molecule is O=c1c(Nc2cccc(O)c2)c(Nc2ccccc2O)c1=O. The Balaban J connectivity index is 1.91. The van der Waals surface area contributed by atoms with Crippen LogP contribution in [0.25, 0.3) is 0 Å². The molecule has 0 bridgehead atoms. The van der Waals surface area contributed by atoms with Crippen LogP contribution in [0.3, 0.4) is 0 Å². The van der Waals surface area contributed by atoms with Gasteiger partial charge in [0, 0.05) is 11.8 Å². The molecule has 22 heavy (non-hydrogen) atoms. The summed E-state index contributed by atoms with van der Waals surface area (Å²) in [6.07, 6.45) is 0. The first-order chi connectivity index (χ1) is 10.6. The Morgan fingerprint density at radius 1 is 0.773 bits per heavy atom. The minimum atomic E-state index is -0.661. The maximum absolute atomic E-state index is 11.7. The normalized spacial score (nSPS) is 10.5. The van der Waals surface area contributed by atoms with Gasteiger partial charge in [0.05, 0.1) is 5.69 Å². The van der Waals surface area contributed by atoms with Crippen LogP contribution in [0.1, 0.15) is 0 Å². The van der Waals surface area contributed by atoms with Gasteiger partial charge < -0.3 is 20.8 Å². The predicted octanol–water partition coefficient (Wildman–Crippen LogP) is 2.18. The first-order valence-electron chi connectivity index (χ1n) is 6.50. The molecular formula is C16H12N2O4. The lowest BCUT2D eigenvalue weighted by Crippen LogP contribution is -2.35. The number of benzene rings is 2. The van der Waals surface area contributed by atoms with Crippen LogP contribution in [0, 0.1) is 0 Å². The lowest BCUT2D eigenvalue weighted by molar-refractivity contribution is 0.475. The number of hydrogen-bond acceptors (Lipinski definition) is 6. The van der Waals surface area contributed by atoms with Gasteiger partial charge in [-0.3, -0.25) is 9.59 Å². The third-order valence-electron chi connectivity index (χ3n) is 3.19. The lowest BCUT2D eigenvalue weighted by Gasteiger charge is -2.15. The first kappa shape index (κ1) is 13.7. The van der Waals surface area contributed by atoms with Crippen LogP contribution in [0.4, 0.5) is 22.7 Å². The fraction of sp³-hybridized carbons (Fsp3) is 0. The van der Waals surface area contributed by atoms with E-state index >= 15 is 0 Å². The van der Waals surface area contributed by atoms with Crippen molar-refractivity contribution >= 4 is 22.7 Å². The molecule has 0 atom stereocenters. The van der Waals surface area contributed by atoms with E-state index in [1.165, 1.54) is 18.2 Å². The van der Waals surface area contributed by atoms with Gasteiger partial charge in [-0.1, -0.05) is 18.2 Å². The van der Waals surface area contributed by atoms with Crippen molar-refractivity contribution in [2.24, 2.45) is 0 Å². The molecule has 6 heteroatoms. The third kappa shape index (κ3) is 2.37. The second kappa shape index (κ2) is 5.25. The highest BCUT2D eigenvalue weighted by atomic mass is 16.3. The Kier molecular flexibility index (Phi) is 3.27. The number of anilines is 4. The summed E-state index contributed by atoms with van der Waals surface area (Å²) in [7, 11) is 0. The van der Waals surface area contributed by atoms with E-state index in [1.807, 2.05) is 0 Å². The molecule has 0 aliphatic rings. The number of phenolic OH excluding ortho intramolecular Hbond substituents is 2.